The Hall–Kier alpha value is -0.850. The van der Waals surface area contributed by atoms with E-state index in [0.717, 1.165) is 31.1 Å². The van der Waals surface area contributed by atoms with Crippen LogP contribution in [0.15, 0.2) is 24.3 Å². The molecule has 0 rings (SSSR count). The normalized spacial score (nSPS) is 12.9. The molecule has 0 spiro atoms. The van der Waals surface area contributed by atoms with Gasteiger partial charge in [0.15, 0.2) is 0 Å². The molecule has 0 aliphatic rings. The summed E-state index contributed by atoms with van der Waals surface area (Å²) in [6.07, 6.45) is 30.0. The second-order valence-electron chi connectivity index (χ2n) is 8.63. The van der Waals surface area contributed by atoms with Crippen LogP contribution in [0.2, 0.25) is 0 Å². The zero-order valence-corrected chi connectivity index (χ0v) is 19.4. The van der Waals surface area contributed by atoms with Gasteiger partial charge in [-0.2, -0.15) is 0 Å². The first-order valence-corrected chi connectivity index (χ1v) is 12.5. The first-order valence-electron chi connectivity index (χ1n) is 12.5. The van der Waals surface area contributed by atoms with E-state index in [9.17, 15) is 4.79 Å². The Morgan fingerprint density at radius 1 is 0.714 bits per heavy atom. The third kappa shape index (κ3) is 18.5. The topological polar surface area (TPSA) is 17.1 Å². The zero-order valence-electron chi connectivity index (χ0n) is 19.4. The Balaban J connectivity index is 3.96. The highest BCUT2D eigenvalue weighted by molar-refractivity contribution is 5.73. The van der Waals surface area contributed by atoms with Gasteiger partial charge in [-0.25, -0.2) is 0 Å². The van der Waals surface area contributed by atoms with E-state index in [1.807, 2.05) is 6.08 Å². The Morgan fingerprint density at radius 2 is 1.18 bits per heavy atom. The van der Waals surface area contributed by atoms with E-state index in [1.54, 1.807) is 0 Å². The van der Waals surface area contributed by atoms with E-state index < -0.39 is 0 Å². The average Bonchev–Trinajstić information content (AvgIpc) is 2.70. The van der Waals surface area contributed by atoms with Crippen LogP contribution in [0.1, 0.15) is 136 Å². The van der Waals surface area contributed by atoms with Crippen molar-refractivity contribution in [1.82, 2.24) is 0 Å². The Labute approximate surface area is 177 Å². The molecule has 0 amide bonds. The molecule has 1 heteroatoms. The lowest BCUT2D eigenvalue weighted by molar-refractivity contribution is -0.105. The van der Waals surface area contributed by atoms with E-state index in [-0.39, 0.29) is 0 Å². The van der Waals surface area contributed by atoms with Gasteiger partial charge in [-0.15, -0.1) is 6.58 Å². The van der Waals surface area contributed by atoms with Gasteiger partial charge < -0.3 is 0 Å². The largest absolute Gasteiger partial charge is 0.298 e. The predicted octanol–water partition coefficient (Wildman–Crippen LogP) is 9.37. The molecule has 0 aliphatic carbocycles. The molecule has 28 heavy (non-hydrogen) atoms. The summed E-state index contributed by atoms with van der Waals surface area (Å²) in [6.45, 7) is 8.46. The first kappa shape index (κ1) is 27.1. The Morgan fingerprint density at radius 3 is 1.64 bits per heavy atom. The monoisotopic (exact) mass is 390 g/mol. The maximum atomic E-state index is 11.5. The smallest absolute Gasteiger partial charge is 0.145 e. The fourth-order valence-electron chi connectivity index (χ4n) is 3.97. The van der Waals surface area contributed by atoms with Crippen LogP contribution < -0.4 is 0 Å². The maximum Gasteiger partial charge on any atom is 0.145 e. The highest BCUT2D eigenvalue weighted by Gasteiger charge is 2.06. The van der Waals surface area contributed by atoms with Crippen molar-refractivity contribution in [2.75, 3.05) is 0 Å². The number of allylic oxidation sites excluding steroid dienone is 3. The van der Waals surface area contributed by atoms with Crippen LogP contribution in [0, 0.1) is 5.92 Å². The quantitative estimate of drug-likeness (QED) is 0.0778. The molecule has 0 saturated heterocycles. The van der Waals surface area contributed by atoms with Crippen molar-refractivity contribution in [2.45, 2.75) is 136 Å². The maximum absolute atomic E-state index is 11.5. The predicted molar refractivity (Wildman–Crippen MR) is 127 cm³/mol. The summed E-state index contributed by atoms with van der Waals surface area (Å²) in [5.74, 6) is 0.506. The summed E-state index contributed by atoms with van der Waals surface area (Å²) < 4.78 is 0. The molecule has 0 N–H and O–H groups in total. The van der Waals surface area contributed by atoms with Gasteiger partial charge >= 0.3 is 0 Å². The van der Waals surface area contributed by atoms with Gasteiger partial charge in [-0.05, 0) is 37.2 Å². The molecule has 1 nitrogen and oxygen atoms in total. The van der Waals surface area contributed by atoms with Crippen molar-refractivity contribution in [1.29, 1.82) is 0 Å². The molecular formula is C27H50O. The van der Waals surface area contributed by atoms with E-state index in [0.29, 0.717) is 5.92 Å². The number of carbonyl (C=O) groups is 1. The minimum atomic E-state index is 0.506. The molecule has 1 unspecified atom stereocenters. The van der Waals surface area contributed by atoms with Gasteiger partial charge in [-0.1, -0.05) is 122 Å². The Kier molecular flexibility index (Phi) is 21.8. The molecular weight excluding hydrogens is 340 g/mol. The second kappa shape index (κ2) is 22.4. The van der Waals surface area contributed by atoms with E-state index in [4.69, 9.17) is 0 Å². The molecule has 0 aromatic heterocycles. The van der Waals surface area contributed by atoms with Crippen molar-refractivity contribution in [3.05, 3.63) is 24.3 Å². The fourth-order valence-corrected chi connectivity index (χ4v) is 3.97. The van der Waals surface area contributed by atoms with E-state index in [2.05, 4.69) is 26.5 Å². The lowest BCUT2D eigenvalue weighted by Crippen LogP contribution is -1.99. The second-order valence-corrected chi connectivity index (χ2v) is 8.63. The molecule has 0 heterocycles. The third-order valence-electron chi connectivity index (χ3n) is 5.82. The molecule has 0 aromatic carbocycles. The summed E-state index contributed by atoms with van der Waals surface area (Å²) in [5, 5.41) is 0. The summed E-state index contributed by atoms with van der Waals surface area (Å²) >= 11 is 0. The fraction of sp³-hybridized carbons (Fsp3) is 0.815. The third-order valence-corrected chi connectivity index (χ3v) is 5.82. The molecule has 1 atom stereocenters. The van der Waals surface area contributed by atoms with Gasteiger partial charge in [0.1, 0.15) is 6.29 Å². The molecule has 0 aliphatic heterocycles. The number of carbonyl (C=O) groups excluding carboxylic acids is 1. The minimum Gasteiger partial charge on any atom is -0.298 e. The molecule has 0 radical (unpaired) electrons. The van der Waals surface area contributed by atoms with Crippen LogP contribution in [-0.4, -0.2) is 6.29 Å². The lowest BCUT2D eigenvalue weighted by atomic mass is 9.93. The molecule has 0 fully saturated rings. The van der Waals surface area contributed by atoms with Crippen molar-refractivity contribution in [3.63, 3.8) is 0 Å². The summed E-state index contributed by atoms with van der Waals surface area (Å²) in [7, 11) is 0. The number of aldehydes is 1. The highest BCUT2D eigenvalue weighted by atomic mass is 16.1. The highest BCUT2D eigenvalue weighted by Crippen LogP contribution is 2.21. The van der Waals surface area contributed by atoms with Crippen molar-refractivity contribution in [3.8, 4) is 0 Å². The molecule has 0 aromatic rings. The van der Waals surface area contributed by atoms with Gasteiger partial charge in [0.2, 0.25) is 0 Å². The summed E-state index contributed by atoms with van der Waals surface area (Å²) in [5.41, 5.74) is 1.03. The summed E-state index contributed by atoms with van der Waals surface area (Å²) in [6, 6.07) is 0. The van der Waals surface area contributed by atoms with Gasteiger partial charge in [-0.3, -0.25) is 4.79 Å². The van der Waals surface area contributed by atoms with Crippen LogP contribution in [-0.2, 0) is 4.79 Å². The standard InChI is InChI=1S/C27H50O/c1-4-7-9-11-13-15-17-19-22-26(21-6-3)24-27(25-28)23-20-18-16-14-12-10-8-5-2/h6,24-26H,3-5,7-23H2,1-2H3. The minimum absolute atomic E-state index is 0.506. The van der Waals surface area contributed by atoms with Crippen LogP contribution >= 0.6 is 0 Å². The van der Waals surface area contributed by atoms with Crippen molar-refractivity contribution >= 4 is 6.29 Å². The SMILES string of the molecule is C=CCC(C=C(C=O)CCCCCCCCCC)CCCCCCCCCC. The van der Waals surface area contributed by atoms with Gasteiger partial charge in [0, 0.05) is 0 Å². The van der Waals surface area contributed by atoms with Crippen LogP contribution in [0.5, 0.6) is 0 Å². The average molecular weight is 391 g/mol. The summed E-state index contributed by atoms with van der Waals surface area (Å²) in [4.78, 5) is 11.5. The van der Waals surface area contributed by atoms with Gasteiger partial charge in [0.25, 0.3) is 0 Å². The van der Waals surface area contributed by atoms with Crippen molar-refractivity contribution in [2.24, 2.45) is 5.92 Å². The molecule has 0 saturated carbocycles. The number of unbranched alkanes of at least 4 members (excludes halogenated alkanes) is 14. The van der Waals surface area contributed by atoms with Crippen LogP contribution in [0.3, 0.4) is 0 Å². The zero-order chi connectivity index (χ0) is 20.7. The van der Waals surface area contributed by atoms with Crippen molar-refractivity contribution < 1.29 is 4.79 Å². The number of hydrogen-bond acceptors (Lipinski definition) is 1. The molecule has 0 bridgehead atoms. The molecule has 164 valence electrons. The van der Waals surface area contributed by atoms with E-state index in [1.165, 1.54) is 103 Å². The van der Waals surface area contributed by atoms with Crippen LogP contribution in [0.4, 0.5) is 0 Å². The first-order chi connectivity index (χ1) is 13.8. The lowest BCUT2D eigenvalue weighted by Gasteiger charge is -2.12. The number of rotatable bonds is 22. The van der Waals surface area contributed by atoms with Crippen LogP contribution in [0.25, 0.3) is 0 Å². The Bertz CT molecular complexity index is 368. The van der Waals surface area contributed by atoms with Gasteiger partial charge in [0.05, 0.1) is 0 Å². The van der Waals surface area contributed by atoms with E-state index >= 15 is 0 Å². The number of hydrogen-bond donors (Lipinski definition) is 0.